The number of aliphatic hydroxyl groups excluding tert-OH is 1. The van der Waals surface area contributed by atoms with Crippen molar-refractivity contribution in [2.45, 2.75) is 62.3 Å². The molecule has 1 aliphatic heterocycles. The van der Waals surface area contributed by atoms with E-state index in [2.05, 4.69) is 19.8 Å². The fourth-order valence-corrected chi connectivity index (χ4v) is 4.48. The lowest BCUT2D eigenvalue weighted by molar-refractivity contribution is 0.0136. The predicted molar refractivity (Wildman–Crippen MR) is 98.2 cm³/mol. The summed E-state index contributed by atoms with van der Waals surface area (Å²) in [4.78, 5) is 14.0. The van der Waals surface area contributed by atoms with Crippen molar-refractivity contribution in [3.63, 3.8) is 0 Å². The van der Waals surface area contributed by atoms with E-state index in [1.165, 1.54) is 37.7 Å². The van der Waals surface area contributed by atoms with Gasteiger partial charge in [-0.05, 0) is 25.5 Å². The van der Waals surface area contributed by atoms with E-state index < -0.39 is 0 Å². The normalized spacial score (nSPS) is 24.3. The van der Waals surface area contributed by atoms with E-state index in [4.69, 9.17) is 0 Å². The number of rotatable bonds is 6. The second kappa shape index (κ2) is 9.13. The second-order valence-electron chi connectivity index (χ2n) is 7.01. The highest BCUT2D eigenvalue weighted by Crippen LogP contribution is 2.27. The highest BCUT2D eigenvalue weighted by molar-refractivity contribution is 7.98. The first-order valence-electron chi connectivity index (χ1n) is 9.24. The molecule has 0 unspecified atom stereocenters. The fourth-order valence-electron chi connectivity index (χ4n) is 4.16. The van der Waals surface area contributed by atoms with Crippen LogP contribution in [0.15, 0.2) is 17.6 Å². The van der Waals surface area contributed by atoms with E-state index in [1.54, 1.807) is 11.8 Å². The molecule has 1 aliphatic carbocycles. The van der Waals surface area contributed by atoms with Crippen molar-refractivity contribution in [2.24, 2.45) is 0 Å². The minimum absolute atomic E-state index is 0.285. The maximum atomic E-state index is 9.50. The maximum absolute atomic E-state index is 9.50. The molecule has 1 atom stereocenters. The molecule has 2 heterocycles. The summed E-state index contributed by atoms with van der Waals surface area (Å²) in [6.45, 7) is 4.46. The molecule has 1 N–H and O–H groups in total. The second-order valence-corrected chi connectivity index (χ2v) is 7.78. The van der Waals surface area contributed by atoms with Gasteiger partial charge in [0.05, 0.1) is 0 Å². The minimum atomic E-state index is 0.285. The van der Waals surface area contributed by atoms with E-state index in [0.29, 0.717) is 6.04 Å². The molecule has 1 aromatic heterocycles. The molecule has 0 aromatic carbocycles. The first-order valence-corrected chi connectivity index (χ1v) is 10.5. The van der Waals surface area contributed by atoms with Gasteiger partial charge in [-0.2, -0.15) is 0 Å². The number of hydrogen-bond donors (Lipinski definition) is 1. The largest absolute Gasteiger partial charge is 0.396 e. The van der Waals surface area contributed by atoms with Gasteiger partial charge in [0, 0.05) is 62.8 Å². The average molecular weight is 351 g/mol. The summed E-state index contributed by atoms with van der Waals surface area (Å²) in [7, 11) is 0. The third-order valence-corrected chi connectivity index (χ3v) is 5.96. The Morgan fingerprint density at radius 3 is 2.58 bits per heavy atom. The summed E-state index contributed by atoms with van der Waals surface area (Å²) in [6.07, 6.45) is 13.6. The van der Waals surface area contributed by atoms with Crippen LogP contribution in [0.5, 0.6) is 0 Å². The third-order valence-electron chi connectivity index (χ3n) is 5.39. The molecule has 24 heavy (non-hydrogen) atoms. The van der Waals surface area contributed by atoms with Gasteiger partial charge in [0.2, 0.25) is 0 Å². The Kier molecular flexibility index (Phi) is 6.89. The predicted octanol–water partition coefficient (Wildman–Crippen LogP) is 2.40. The zero-order valence-corrected chi connectivity index (χ0v) is 15.5. The average Bonchev–Trinajstić information content (AvgIpc) is 2.64. The van der Waals surface area contributed by atoms with Crippen LogP contribution in [0.2, 0.25) is 0 Å². The van der Waals surface area contributed by atoms with Gasteiger partial charge in [0.1, 0.15) is 0 Å². The molecule has 2 aliphatic rings. The van der Waals surface area contributed by atoms with Crippen molar-refractivity contribution in [1.29, 1.82) is 0 Å². The van der Waals surface area contributed by atoms with Gasteiger partial charge in [-0.1, -0.05) is 31.0 Å². The van der Waals surface area contributed by atoms with Crippen LogP contribution in [0.25, 0.3) is 0 Å². The highest BCUT2D eigenvalue weighted by atomic mass is 32.2. The summed E-state index contributed by atoms with van der Waals surface area (Å²) in [5.74, 6) is 0. The molecule has 0 bridgehead atoms. The Labute approximate surface area is 149 Å². The molecule has 1 saturated heterocycles. The molecule has 0 amide bonds. The fraction of sp³-hybridized carbons (Fsp3) is 0.778. The first-order chi connectivity index (χ1) is 11.8. The summed E-state index contributed by atoms with van der Waals surface area (Å²) >= 11 is 1.58. The Hall–Kier alpha value is -0.690. The van der Waals surface area contributed by atoms with Crippen LogP contribution in [-0.4, -0.2) is 69.5 Å². The molecule has 134 valence electrons. The SMILES string of the molecule is CSc1ncc(CN2CCN(C3CCCCC3)[C@@H](CCO)C2)cn1. The molecular formula is C18H30N4OS. The number of hydrogen-bond acceptors (Lipinski definition) is 6. The van der Waals surface area contributed by atoms with Gasteiger partial charge in [0.15, 0.2) is 5.16 Å². The van der Waals surface area contributed by atoms with Gasteiger partial charge in [-0.3, -0.25) is 9.80 Å². The maximum Gasteiger partial charge on any atom is 0.187 e. The molecule has 0 radical (unpaired) electrons. The van der Waals surface area contributed by atoms with E-state index in [0.717, 1.165) is 43.8 Å². The van der Waals surface area contributed by atoms with Crippen LogP contribution >= 0.6 is 11.8 Å². The number of piperazine rings is 1. The van der Waals surface area contributed by atoms with Crippen molar-refractivity contribution >= 4 is 11.8 Å². The molecule has 6 heteroatoms. The van der Waals surface area contributed by atoms with Crippen molar-refractivity contribution in [3.8, 4) is 0 Å². The molecule has 1 saturated carbocycles. The smallest absolute Gasteiger partial charge is 0.187 e. The molecule has 1 aromatic rings. The molecule has 3 rings (SSSR count). The van der Waals surface area contributed by atoms with Gasteiger partial charge in [-0.15, -0.1) is 0 Å². The van der Waals surface area contributed by atoms with Crippen LogP contribution < -0.4 is 0 Å². The van der Waals surface area contributed by atoms with Crippen LogP contribution in [0.4, 0.5) is 0 Å². The Balaban J connectivity index is 1.58. The van der Waals surface area contributed by atoms with Crippen LogP contribution in [0.1, 0.15) is 44.1 Å². The van der Waals surface area contributed by atoms with Crippen molar-refractivity contribution in [2.75, 3.05) is 32.5 Å². The number of nitrogens with zero attached hydrogens (tertiary/aromatic N) is 4. The lowest BCUT2D eigenvalue weighted by atomic mass is 9.92. The summed E-state index contributed by atoms with van der Waals surface area (Å²) < 4.78 is 0. The van der Waals surface area contributed by atoms with E-state index >= 15 is 0 Å². The van der Waals surface area contributed by atoms with Gasteiger partial charge >= 0.3 is 0 Å². The Morgan fingerprint density at radius 2 is 1.92 bits per heavy atom. The van der Waals surface area contributed by atoms with Crippen LogP contribution in [-0.2, 0) is 6.54 Å². The van der Waals surface area contributed by atoms with Gasteiger partial charge in [-0.25, -0.2) is 9.97 Å². The summed E-state index contributed by atoms with van der Waals surface area (Å²) in [5.41, 5.74) is 1.18. The molecule has 0 spiro atoms. The zero-order valence-electron chi connectivity index (χ0n) is 14.7. The van der Waals surface area contributed by atoms with Gasteiger partial charge < -0.3 is 5.11 Å². The van der Waals surface area contributed by atoms with Gasteiger partial charge in [0.25, 0.3) is 0 Å². The highest BCUT2D eigenvalue weighted by Gasteiger charge is 2.32. The lowest BCUT2D eigenvalue weighted by Gasteiger charge is -2.46. The molecular weight excluding hydrogens is 320 g/mol. The van der Waals surface area contributed by atoms with Crippen LogP contribution in [0, 0.1) is 0 Å². The van der Waals surface area contributed by atoms with Crippen molar-refractivity contribution in [3.05, 3.63) is 18.0 Å². The number of aliphatic hydroxyl groups is 1. The summed E-state index contributed by atoms with van der Waals surface area (Å²) in [6, 6.07) is 1.22. The van der Waals surface area contributed by atoms with Crippen molar-refractivity contribution in [1.82, 2.24) is 19.8 Å². The number of thioether (sulfide) groups is 1. The first kappa shape index (κ1) is 18.1. The molecule has 5 nitrogen and oxygen atoms in total. The standard InChI is InChI=1S/C18H30N4OS/c1-24-18-19-11-15(12-20-18)13-21-8-9-22(17(14-21)7-10-23)16-5-3-2-4-6-16/h11-12,16-17,23H,2-10,13-14H2,1H3/t17-/m0/s1. The summed E-state index contributed by atoms with van der Waals surface area (Å²) in [5, 5.41) is 10.3. The lowest BCUT2D eigenvalue weighted by Crippen LogP contribution is -2.56. The quantitative estimate of drug-likeness (QED) is 0.628. The van der Waals surface area contributed by atoms with Crippen LogP contribution in [0.3, 0.4) is 0 Å². The monoisotopic (exact) mass is 350 g/mol. The van der Waals surface area contributed by atoms with E-state index in [1.807, 2.05) is 18.6 Å². The third kappa shape index (κ3) is 4.69. The zero-order chi connectivity index (χ0) is 16.8. The number of aromatic nitrogens is 2. The van der Waals surface area contributed by atoms with E-state index in [-0.39, 0.29) is 6.61 Å². The Morgan fingerprint density at radius 1 is 1.17 bits per heavy atom. The topological polar surface area (TPSA) is 52.5 Å². The minimum Gasteiger partial charge on any atom is -0.396 e. The molecule has 2 fully saturated rings. The van der Waals surface area contributed by atoms with E-state index in [9.17, 15) is 5.11 Å². The van der Waals surface area contributed by atoms with Crippen molar-refractivity contribution < 1.29 is 5.11 Å². The Bertz CT molecular complexity index is 492.